The first kappa shape index (κ1) is 8.59. The van der Waals surface area contributed by atoms with Crippen LogP contribution in [0.5, 0.6) is 0 Å². The lowest BCUT2D eigenvalue weighted by molar-refractivity contribution is 1.05. The smallest absolute Gasteiger partial charge is 0.0267 e. The van der Waals surface area contributed by atoms with Gasteiger partial charge in [-0.3, -0.25) is 4.72 Å². The van der Waals surface area contributed by atoms with E-state index in [1.165, 1.54) is 0 Å². The van der Waals surface area contributed by atoms with Gasteiger partial charge in [0.25, 0.3) is 0 Å². The maximum atomic E-state index is 5.30. The molecule has 0 saturated carbocycles. The molecule has 0 saturated heterocycles. The van der Waals surface area contributed by atoms with Gasteiger partial charge < -0.3 is 5.73 Å². The summed E-state index contributed by atoms with van der Waals surface area (Å²) >= 11 is 3.82. The first-order valence-corrected chi connectivity index (χ1v) is 3.10. The van der Waals surface area contributed by atoms with Crippen molar-refractivity contribution in [3.8, 4) is 0 Å². The standard InChI is InChI=1S/C6H12N2S/c1-5(4-8-9)3-6(2)7/h3,8-9H,2,4,7H2,1H3/b5-3-. The Kier molecular flexibility index (Phi) is 4.26. The molecule has 3 N–H and O–H groups in total. The van der Waals surface area contributed by atoms with Crippen LogP contribution in [0.2, 0.25) is 0 Å². The summed E-state index contributed by atoms with van der Waals surface area (Å²) in [6, 6.07) is 0. The van der Waals surface area contributed by atoms with E-state index in [9.17, 15) is 0 Å². The summed E-state index contributed by atoms with van der Waals surface area (Å²) in [5.74, 6) is 0. The number of nitrogens with two attached hydrogens (primary N) is 1. The second-order valence-corrected chi connectivity index (χ2v) is 2.22. The second-order valence-electron chi connectivity index (χ2n) is 1.90. The maximum Gasteiger partial charge on any atom is 0.0267 e. The van der Waals surface area contributed by atoms with Crippen LogP contribution >= 0.6 is 12.8 Å². The van der Waals surface area contributed by atoms with E-state index in [0.717, 1.165) is 12.1 Å². The molecule has 0 atom stereocenters. The molecule has 0 unspecified atom stereocenters. The third-order valence-electron chi connectivity index (χ3n) is 0.790. The summed E-state index contributed by atoms with van der Waals surface area (Å²) in [6.07, 6.45) is 1.81. The molecular formula is C6H12N2S. The van der Waals surface area contributed by atoms with Crippen molar-refractivity contribution in [3.05, 3.63) is 23.9 Å². The number of rotatable bonds is 3. The van der Waals surface area contributed by atoms with Crippen molar-refractivity contribution in [1.29, 1.82) is 0 Å². The highest BCUT2D eigenvalue weighted by molar-refractivity contribution is 7.78. The average Bonchev–Trinajstić information content (AvgIpc) is 1.63. The predicted molar refractivity (Wildman–Crippen MR) is 44.1 cm³/mol. The molecule has 0 aliphatic heterocycles. The van der Waals surface area contributed by atoms with Gasteiger partial charge in [0.05, 0.1) is 0 Å². The van der Waals surface area contributed by atoms with E-state index < -0.39 is 0 Å². The van der Waals surface area contributed by atoms with Crippen LogP contribution in [0.1, 0.15) is 6.92 Å². The van der Waals surface area contributed by atoms with E-state index in [2.05, 4.69) is 24.1 Å². The number of hydrogen-bond acceptors (Lipinski definition) is 3. The Labute approximate surface area is 61.4 Å². The molecule has 0 aromatic heterocycles. The lowest BCUT2D eigenvalue weighted by atomic mass is 10.2. The molecule has 0 aliphatic rings. The summed E-state index contributed by atoms with van der Waals surface area (Å²) in [5, 5.41) is 0. The van der Waals surface area contributed by atoms with Gasteiger partial charge in [-0.2, -0.15) is 0 Å². The van der Waals surface area contributed by atoms with Crippen molar-refractivity contribution in [2.45, 2.75) is 6.92 Å². The molecule has 2 nitrogen and oxygen atoms in total. The summed E-state index contributed by atoms with van der Waals surface area (Å²) in [5.41, 5.74) is 7.00. The summed E-state index contributed by atoms with van der Waals surface area (Å²) in [4.78, 5) is 0. The molecule has 0 aliphatic carbocycles. The van der Waals surface area contributed by atoms with Crippen LogP contribution in [0.4, 0.5) is 0 Å². The first-order valence-electron chi connectivity index (χ1n) is 2.65. The minimum Gasteiger partial charge on any atom is -0.399 e. The van der Waals surface area contributed by atoms with Crippen molar-refractivity contribution in [3.63, 3.8) is 0 Å². The van der Waals surface area contributed by atoms with Crippen LogP contribution in [-0.2, 0) is 0 Å². The van der Waals surface area contributed by atoms with E-state index in [1.807, 2.05) is 13.0 Å². The molecule has 0 fully saturated rings. The second kappa shape index (κ2) is 4.47. The van der Waals surface area contributed by atoms with E-state index in [4.69, 9.17) is 5.73 Å². The third-order valence-corrected chi connectivity index (χ3v) is 0.948. The Balaban J connectivity index is 3.69. The van der Waals surface area contributed by atoms with Gasteiger partial charge in [0.2, 0.25) is 0 Å². The van der Waals surface area contributed by atoms with Gasteiger partial charge in [0.1, 0.15) is 0 Å². The lowest BCUT2D eigenvalue weighted by Gasteiger charge is -1.96. The molecule has 0 rings (SSSR count). The minimum atomic E-state index is 0.580. The SMILES string of the molecule is C=C(N)/C=C(/C)CNS. The van der Waals surface area contributed by atoms with Crippen molar-refractivity contribution in [2.75, 3.05) is 6.54 Å². The fourth-order valence-electron chi connectivity index (χ4n) is 0.492. The predicted octanol–water partition coefficient (Wildman–Crippen LogP) is 0.840. The Hall–Kier alpha value is -0.410. The summed E-state index contributed by atoms with van der Waals surface area (Å²) in [7, 11) is 0. The van der Waals surface area contributed by atoms with Gasteiger partial charge in [-0.15, -0.1) is 0 Å². The van der Waals surface area contributed by atoms with Crippen molar-refractivity contribution in [2.24, 2.45) is 5.73 Å². The van der Waals surface area contributed by atoms with Gasteiger partial charge in [0.15, 0.2) is 0 Å². The highest BCUT2D eigenvalue weighted by Crippen LogP contribution is 1.92. The molecule has 0 aromatic carbocycles. The number of nitrogens with one attached hydrogen (secondary N) is 1. The largest absolute Gasteiger partial charge is 0.399 e. The summed E-state index contributed by atoms with van der Waals surface area (Å²) < 4.78 is 2.70. The third kappa shape index (κ3) is 5.46. The Morgan fingerprint density at radius 2 is 2.44 bits per heavy atom. The lowest BCUT2D eigenvalue weighted by Crippen LogP contribution is -2.03. The topological polar surface area (TPSA) is 38.0 Å². The fraction of sp³-hybridized carbons (Fsp3) is 0.333. The van der Waals surface area contributed by atoms with E-state index in [-0.39, 0.29) is 0 Å². The molecule has 52 valence electrons. The minimum absolute atomic E-state index is 0.580. The Morgan fingerprint density at radius 3 is 2.78 bits per heavy atom. The summed E-state index contributed by atoms with van der Waals surface area (Å²) in [6.45, 7) is 6.22. The molecule has 0 heterocycles. The van der Waals surface area contributed by atoms with Crippen LogP contribution < -0.4 is 10.5 Å². The monoisotopic (exact) mass is 144 g/mol. The van der Waals surface area contributed by atoms with Gasteiger partial charge in [0, 0.05) is 12.2 Å². The normalized spacial score (nSPS) is 11.6. The van der Waals surface area contributed by atoms with Crippen LogP contribution in [-0.4, -0.2) is 6.54 Å². The van der Waals surface area contributed by atoms with E-state index in [1.54, 1.807) is 0 Å². The highest BCUT2D eigenvalue weighted by Gasteiger charge is 1.84. The number of allylic oxidation sites excluding steroid dienone is 1. The fourth-order valence-corrected chi connectivity index (χ4v) is 0.742. The molecule has 0 aromatic rings. The van der Waals surface area contributed by atoms with Crippen LogP contribution in [0, 0.1) is 0 Å². The first-order chi connectivity index (χ1) is 4.16. The molecule has 0 bridgehead atoms. The van der Waals surface area contributed by atoms with Crippen molar-refractivity contribution >= 4 is 12.8 Å². The van der Waals surface area contributed by atoms with Crippen LogP contribution in [0.25, 0.3) is 0 Å². The number of hydrogen-bond donors (Lipinski definition) is 3. The van der Waals surface area contributed by atoms with Crippen LogP contribution in [0.3, 0.4) is 0 Å². The highest BCUT2D eigenvalue weighted by atomic mass is 32.1. The zero-order valence-corrected chi connectivity index (χ0v) is 6.41. The van der Waals surface area contributed by atoms with E-state index in [0.29, 0.717) is 5.70 Å². The van der Waals surface area contributed by atoms with Gasteiger partial charge in [-0.1, -0.05) is 25.0 Å². The van der Waals surface area contributed by atoms with Crippen molar-refractivity contribution in [1.82, 2.24) is 4.72 Å². The molecule has 0 amide bonds. The molecular weight excluding hydrogens is 132 g/mol. The maximum absolute atomic E-state index is 5.30. The zero-order chi connectivity index (χ0) is 7.28. The number of thiol groups is 1. The van der Waals surface area contributed by atoms with Crippen LogP contribution in [0.15, 0.2) is 23.9 Å². The quantitative estimate of drug-likeness (QED) is 0.405. The van der Waals surface area contributed by atoms with Crippen molar-refractivity contribution < 1.29 is 0 Å². The molecule has 3 heteroatoms. The van der Waals surface area contributed by atoms with E-state index >= 15 is 0 Å². The Bertz CT molecular complexity index is 129. The molecule has 0 radical (unpaired) electrons. The average molecular weight is 144 g/mol. The molecule has 0 spiro atoms. The van der Waals surface area contributed by atoms with Gasteiger partial charge in [-0.05, 0) is 13.0 Å². The van der Waals surface area contributed by atoms with Gasteiger partial charge >= 0.3 is 0 Å². The van der Waals surface area contributed by atoms with Gasteiger partial charge in [-0.25, -0.2) is 0 Å². The zero-order valence-electron chi connectivity index (χ0n) is 5.52. The molecule has 9 heavy (non-hydrogen) atoms. The Morgan fingerprint density at radius 1 is 1.89 bits per heavy atom.